The van der Waals surface area contributed by atoms with Crippen LogP contribution in [0.3, 0.4) is 0 Å². The Hall–Kier alpha value is 1.82. The Morgan fingerprint density at radius 3 is 1.35 bits per heavy atom. The van der Waals surface area contributed by atoms with Crippen molar-refractivity contribution in [2.45, 2.75) is 73.3 Å². The average molecular weight is 1320 g/mol. The molecule has 0 saturated carbocycles. The molecule has 2 heterocycles. The summed E-state index contributed by atoms with van der Waals surface area (Å²) in [6, 6.07) is -1.27. The van der Waals surface area contributed by atoms with Crippen molar-refractivity contribution in [1.82, 2.24) is 8.75 Å². The fraction of sp³-hybridized carbons (Fsp3) is 0.560. The molecule has 0 aromatic carbocycles. The molecule has 13 nitrogen and oxygen atoms in total. The number of carboxylic acid groups (broad SMARTS) is 1. The van der Waals surface area contributed by atoms with Gasteiger partial charge in [0.15, 0.2) is 20.3 Å². The zero-order valence-electron chi connectivity index (χ0n) is 24.9. The first-order chi connectivity index (χ1) is 19.7. The second-order valence-electron chi connectivity index (χ2n) is 6.70. The van der Waals surface area contributed by atoms with E-state index < -0.39 is 22.3 Å². The maximum atomic E-state index is 10.7. The fourth-order valence-corrected chi connectivity index (χ4v) is 3.28. The molecule has 2 radical (unpaired) electrons. The van der Waals surface area contributed by atoms with E-state index in [2.05, 4.69) is 37.3 Å². The summed E-state index contributed by atoms with van der Waals surface area (Å²) in [5.74, 6) is -1.30. The van der Waals surface area contributed by atoms with E-state index in [-0.39, 0.29) is 149 Å². The van der Waals surface area contributed by atoms with E-state index >= 15 is 0 Å². The van der Waals surface area contributed by atoms with Crippen molar-refractivity contribution in [3.8, 4) is 11.5 Å². The largest absolute Gasteiger partial charge is 0.669 e. The van der Waals surface area contributed by atoms with Crippen LogP contribution in [0.25, 0.3) is 11.5 Å². The van der Waals surface area contributed by atoms with Crippen molar-refractivity contribution >= 4 is 126 Å². The summed E-state index contributed by atoms with van der Waals surface area (Å²) in [6.45, 7) is 7.63. The van der Waals surface area contributed by atoms with Crippen LogP contribution in [0.15, 0.2) is 10.8 Å². The molecule has 2 rings (SSSR count). The smallest absolute Gasteiger partial charge is 0.359 e. The van der Waals surface area contributed by atoms with Crippen LogP contribution in [0.5, 0.6) is 11.5 Å². The van der Waals surface area contributed by atoms with Gasteiger partial charge in [-0.15, -0.1) is 12.6 Å². The van der Waals surface area contributed by atoms with Crippen LogP contribution in [0.2, 0.25) is 0 Å². The van der Waals surface area contributed by atoms with Gasteiger partial charge in [-0.25, -0.2) is 4.79 Å². The Bertz CT molecular complexity index is 1040. The van der Waals surface area contributed by atoms with E-state index in [1.807, 2.05) is 0 Å². The van der Waals surface area contributed by atoms with Crippen LogP contribution in [0.4, 0.5) is 0 Å². The number of aliphatic hydroxyl groups excluding tert-OH is 1. The molecular formula is C25H46Ac2BrCl3N4O9S4-2. The van der Waals surface area contributed by atoms with Gasteiger partial charge in [0.1, 0.15) is 17.3 Å². The van der Waals surface area contributed by atoms with Crippen molar-refractivity contribution in [1.29, 1.82) is 0 Å². The van der Waals surface area contributed by atoms with Gasteiger partial charge in [-0.05, 0) is 30.0 Å². The van der Waals surface area contributed by atoms with Crippen LogP contribution >= 0.6 is 98.2 Å². The number of rotatable bonds is 6. The van der Waals surface area contributed by atoms with Gasteiger partial charge in [-0.2, -0.15) is 8.75 Å². The quantitative estimate of drug-likeness (QED) is 0.136. The number of aromatic carboxylic acids is 1. The summed E-state index contributed by atoms with van der Waals surface area (Å²) < 4.78 is 6.47. The summed E-state index contributed by atoms with van der Waals surface area (Å²) in [5, 5.41) is 35.6. The van der Waals surface area contributed by atoms with Gasteiger partial charge in [-0.3, -0.25) is 9.59 Å². The predicted molar refractivity (Wildman–Crippen MR) is 203 cm³/mol. The monoisotopic (exact) mass is 1310 g/mol. The normalized spacial score (nSPS) is 9.15. The number of aromatic nitrogens is 2. The molecule has 0 fully saturated rings. The number of carbonyl (C=O) groups excluding carboxylic acids is 4. The van der Waals surface area contributed by atoms with E-state index in [0.717, 1.165) is 30.4 Å². The minimum atomic E-state index is -1.20. The van der Waals surface area contributed by atoms with Crippen LogP contribution in [0, 0.1) is 95.0 Å². The predicted octanol–water partition coefficient (Wildman–Crippen LogP) is 8.34. The Morgan fingerprint density at radius 1 is 0.896 bits per heavy atom. The Balaban J connectivity index is -0.0000000448. The maximum absolute atomic E-state index is 10.7. The minimum absolute atomic E-state index is 0. The number of aryl methyl sites for hydroxylation is 1. The first kappa shape index (κ1) is 74.9. The van der Waals surface area contributed by atoms with E-state index in [1.165, 1.54) is 37.7 Å². The van der Waals surface area contributed by atoms with Crippen LogP contribution in [0.1, 0.15) is 66.2 Å². The molecule has 0 spiro atoms. The third-order valence-electron chi connectivity index (χ3n) is 2.99. The number of alkyl halides is 4. The second kappa shape index (κ2) is 50.9. The summed E-state index contributed by atoms with van der Waals surface area (Å²) in [7, 11) is 1.00. The molecule has 280 valence electrons. The zero-order valence-corrected chi connectivity index (χ0v) is 41.6. The van der Waals surface area contributed by atoms with Crippen molar-refractivity contribution in [2.75, 3.05) is 18.2 Å². The van der Waals surface area contributed by atoms with Crippen molar-refractivity contribution in [3.05, 3.63) is 33.6 Å². The van der Waals surface area contributed by atoms with E-state index in [9.17, 15) is 24.0 Å². The second-order valence-corrected chi connectivity index (χ2v) is 12.3. The summed E-state index contributed by atoms with van der Waals surface area (Å²) in [4.78, 5) is 50.7. The topological polar surface area (TPSA) is 240 Å². The number of thiol groups is 1. The van der Waals surface area contributed by atoms with Gasteiger partial charge in [0.05, 0.1) is 27.5 Å². The van der Waals surface area contributed by atoms with Gasteiger partial charge < -0.3 is 41.5 Å². The number of aromatic hydroxyl groups is 2. The molecule has 2 aromatic heterocycles. The van der Waals surface area contributed by atoms with Crippen LogP contribution in [-0.2, 0) is 19.2 Å². The number of carboxylic acids is 1. The van der Waals surface area contributed by atoms with Gasteiger partial charge in [0.25, 0.3) is 0 Å². The van der Waals surface area contributed by atoms with Crippen LogP contribution < -0.4 is 0 Å². The molecule has 2 unspecified atom stereocenters. The van der Waals surface area contributed by atoms with E-state index in [4.69, 9.17) is 66.7 Å². The Kier molecular flexibility index (Phi) is 79.5. The average Bonchev–Trinajstić information content (AvgIpc) is 3.50. The molecule has 2 atom stereocenters. The number of aliphatic hydroxyl groups is 1. The number of nitrogens with zero attached hydrogens (tertiary/aromatic N) is 2. The van der Waals surface area contributed by atoms with Crippen molar-refractivity contribution < 1.29 is 133 Å². The van der Waals surface area contributed by atoms with Gasteiger partial charge in [0, 0.05) is 109 Å². The summed E-state index contributed by atoms with van der Waals surface area (Å²) in [5.41, 5.74) is 14.2. The minimum Gasteiger partial charge on any atom is -0.669 e. The zero-order chi connectivity index (χ0) is 35.3. The molecule has 0 aliphatic heterocycles. The molecule has 6 N–H and O–H groups in total. The standard InChI is InChI=1S/C6H10NO2S.C4H7BrNO.C4H3NO3S.C4H5NOS.C2H4OS.CHCl3.CH4O.3CH4.2Ac/c1-4(7)6(9)3-10-5(2)8;1-3(6)4(7)2-5;6-2-1-9-5-3(2)4(7)8;1-3-4(6)2-7-5-3;1-2(3)4;2-1(3)4;1-2;;;;;/h4,7H,3H2,1-2H3;3,6H,2H2,1H3;1,6H,(H,7,8);2,6H,1H3;1H3,(H,3,4);1H;2H,1H3;3*1H4;;/q2*-1;;;;;;;;;;. The van der Waals surface area contributed by atoms with Crippen LogP contribution in [-0.4, -0.2) is 91.5 Å². The summed E-state index contributed by atoms with van der Waals surface area (Å²) >= 11 is 23.8. The molecule has 0 aliphatic carbocycles. The number of halogens is 4. The first-order valence-corrected chi connectivity index (χ1v) is 16.4. The van der Waals surface area contributed by atoms with Crippen molar-refractivity contribution in [2.24, 2.45) is 0 Å². The third kappa shape index (κ3) is 62.9. The molecule has 0 saturated heterocycles. The molecule has 23 heteroatoms. The molecule has 0 amide bonds. The molecule has 0 bridgehead atoms. The number of thioether (sulfide) groups is 1. The van der Waals surface area contributed by atoms with Gasteiger partial charge in [-0.1, -0.05) is 111 Å². The maximum Gasteiger partial charge on any atom is 0.359 e. The molecular weight excluding hydrogens is 1270 g/mol. The van der Waals surface area contributed by atoms with Gasteiger partial charge in [0.2, 0.25) is 5.69 Å². The summed E-state index contributed by atoms with van der Waals surface area (Å²) in [6.07, 6.45) is 0. The first-order valence-electron chi connectivity index (χ1n) is 10.9. The third-order valence-corrected chi connectivity index (χ3v) is 5.71. The molecule has 0 aliphatic rings. The fourth-order valence-electron chi connectivity index (χ4n) is 1.08. The Morgan fingerprint density at radius 2 is 1.23 bits per heavy atom. The molecule has 48 heavy (non-hydrogen) atoms. The number of hydrogen-bond acceptors (Lipinski definition) is 13. The number of ketones is 2. The number of carbonyl (C=O) groups is 5. The number of nitrogens with one attached hydrogen (secondary N) is 2. The number of Topliss-reactive ketones (excluding diaryl/α,β-unsaturated/α-hetero) is 2. The van der Waals surface area contributed by atoms with Gasteiger partial charge >= 0.3 is 5.97 Å². The molecule has 2 aromatic rings. The Labute approximate surface area is 397 Å². The number of hydrogen-bond donors (Lipinski definition) is 5. The van der Waals surface area contributed by atoms with E-state index in [1.54, 1.807) is 19.2 Å². The van der Waals surface area contributed by atoms with Crippen molar-refractivity contribution in [3.63, 3.8) is 0 Å². The van der Waals surface area contributed by atoms with E-state index in [0.29, 0.717) is 16.8 Å². The SMILES string of the molecule is C.C.C.CC(=O)S.CC(=O)SCC(=O)C(C)[NH-].CC([NH-])C(=O)CBr.CO.Cc1nscc1O.ClC(Cl)Cl.O=C(O)c1nscc1O.[Ac].[Ac].